The van der Waals surface area contributed by atoms with Crippen LogP contribution in [0.4, 0.5) is 0 Å². The van der Waals surface area contributed by atoms with Crippen LogP contribution in [-0.4, -0.2) is 76.2 Å². The molecule has 2 aromatic carbocycles. The van der Waals surface area contributed by atoms with Crippen molar-refractivity contribution in [1.82, 2.24) is 24.8 Å². The van der Waals surface area contributed by atoms with E-state index >= 15 is 0 Å². The number of hydrogen-bond donors (Lipinski definition) is 1. The third-order valence-corrected chi connectivity index (χ3v) is 6.55. The highest BCUT2D eigenvalue weighted by Crippen LogP contribution is 2.32. The lowest BCUT2D eigenvalue weighted by molar-refractivity contribution is -0.134. The molecule has 1 saturated heterocycles. The molecule has 3 aromatic rings. The van der Waals surface area contributed by atoms with Gasteiger partial charge in [0, 0.05) is 37.1 Å². The molecule has 3 heterocycles. The lowest BCUT2D eigenvalue weighted by Crippen LogP contribution is -2.48. The van der Waals surface area contributed by atoms with Crippen molar-refractivity contribution in [3.63, 3.8) is 0 Å². The van der Waals surface area contributed by atoms with Crippen LogP contribution in [0, 0.1) is 0 Å². The summed E-state index contributed by atoms with van der Waals surface area (Å²) >= 11 is 3.49. The van der Waals surface area contributed by atoms with Gasteiger partial charge in [-0.3, -0.25) is 9.69 Å². The van der Waals surface area contributed by atoms with Gasteiger partial charge in [0.25, 0.3) is 5.91 Å². The molecule has 0 bridgehead atoms. The van der Waals surface area contributed by atoms with Crippen molar-refractivity contribution in [1.29, 1.82) is 0 Å². The number of likely N-dealkylation sites (N-methyl/N-ethyl adjacent to an activating group) is 1. The molecule has 0 aliphatic carbocycles. The van der Waals surface area contributed by atoms with Crippen LogP contribution in [0.25, 0.3) is 11.0 Å². The maximum Gasteiger partial charge on any atom is 0.257 e. The largest absolute Gasteiger partial charge is 0.340 e. The van der Waals surface area contributed by atoms with Crippen LogP contribution in [0.1, 0.15) is 23.9 Å². The Morgan fingerprint density at radius 1 is 1.10 bits per heavy atom. The van der Waals surface area contributed by atoms with E-state index < -0.39 is 0 Å². The van der Waals surface area contributed by atoms with E-state index in [1.54, 1.807) is 5.01 Å². The normalized spacial score (nSPS) is 20.4. The van der Waals surface area contributed by atoms with E-state index in [0.29, 0.717) is 13.0 Å². The van der Waals surface area contributed by atoms with Gasteiger partial charge in [0.1, 0.15) is 11.9 Å². The fourth-order valence-corrected chi connectivity index (χ4v) is 4.43. The number of imidazole rings is 1. The van der Waals surface area contributed by atoms with Crippen molar-refractivity contribution in [2.45, 2.75) is 12.5 Å². The number of nitrogens with zero attached hydrogens (tertiary/aromatic N) is 5. The number of carbonyl (C=O) groups is 1. The quantitative estimate of drug-likeness (QED) is 0.622. The van der Waals surface area contributed by atoms with Crippen molar-refractivity contribution in [3.05, 3.63) is 64.4 Å². The highest BCUT2D eigenvalue weighted by Gasteiger charge is 2.36. The molecule has 0 saturated carbocycles. The van der Waals surface area contributed by atoms with Crippen LogP contribution in [0.5, 0.6) is 0 Å². The molecule has 31 heavy (non-hydrogen) atoms. The SMILES string of the molecule is CN1CCN(CC(=O)N2N=C(c3ccc(Br)cc3)CC2c2nc3ccccc3[nH]2)CC1. The number of para-hydroxylation sites is 2. The number of halogens is 1. The molecule has 7 nitrogen and oxygen atoms in total. The van der Waals surface area contributed by atoms with Crippen LogP contribution >= 0.6 is 15.9 Å². The van der Waals surface area contributed by atoms with Gasteiger partial charge in [-0.15, -0.1) is 0 Å². The van der Waals surface area contributed by atoms with E-state index in [4.69, 9.17) is 10.1 Å². The molecule has 1 N–H and O–H groups in total. The lowest BCUT2D eigenvalue weighted by atomic mass is 10.0. The minimum absolute atomic E-state index is 0.0159. The van der Waals surface area contributed by atoms with Crippen molar-refractivity contribution < 1.29 is 4.79 Å². The molecule has 2 aliphatic heterocycles. The zero-order chi connectivity index (χ0) is 21.4. The van der Waals surface area contributed by atoms with Gasteiger partial charge in [-0.1, -0.05) is 40.2 Å². The zero-order valence-electron chi connectivity index (χ0n) is 17.5. The van der Waals surface area contributed by atoms with E-state index in [1.165, 1.54) is 0 Å². The molecular weight excluding hydrogens is 456 g/mol. The number of amides is 1. The van der Waals surface area contributed by atoms with Crippen LogP contribution < -0.4 is 0 Å². The van der Waals surface area contributed by atoms with E-state index in [0.717, 1.165) is 58.8 Å². The van der Waals surface area contributed by atoms with Crippen LogP contribution in [0.15, 0.2) is 58.1 Å². The number of H-pyrrole nitrogens is 1. The first-order valence-corrected chi connectivity index (χ1v) is 11.4. The molecule has 160 valence electrons. The Morgan fingerprint density at radius 2 is 1.84 bits per heavy atom. The van der Waals surface area contributed by atoms with Crippen molar-refractivity contribution in [2.24, 2.45) is 5.10 Å². The number of aromatic amines is 1. The van der Waals surface area contributed by atoms with Crippen molar-refractivity contribution in [2.75, 3.05) is 39.8 Å². The maximum atomic E-state index is 13.3. The number of benzene rings is 2. The summed E-state index contributed by atoms with van der Waals surface area (Å²) < 4.78 is 1.02. The van der Waals surface area contributed by atoms with Gasteiger partial charge in [-0.2, -0.15) is 5.10 Å². The molecule has 1 amide bonds. The zero-order valence-corrected chi connectivity index (χ0v) is 19.0. The first-order valence-electron chi connectivity index (χ1n) is 10.6. The number of piperazine rings is 1. The summed E-state index contributed by atoms with van der Waals surface area (Å²) in [6, 6.07) is 15.8. The monoisotopic (exact) mass is 480 g/mol. The first-order chi connectivity index (χ1) is 15.1. The van der Waals surface area contributed by atoms with Gasteiger partial charge in [0.15, 0.2) is 0 Å². The highest BCUT2D eigenvalue weighted by atomic mass is 79.9. The molecule has 1 aromatic heterocycles. The summed E-state index contributed by atoms with van der Waals surface area (Å²) in [6.07, 6.45) is 0.635. The summed E-state index contributed by atoms with van der Waals surface area (Å²) in [5, 5.41) is 6.43. The second kappa shape index (κ2) is 8.53. The van der Waals surface area contributed by atoms with Gasteiger partial charge in [-0.05, 0) is 36.9 Å². The van der Waals surface area contributed by atoms with Gasteiger partial charge in [-0.25, -0.2) is 9.99 Å². The third-order valence-electron chi connectivity index (χ3n) is 6.02. The fourth-order valence-electron chi connectivity index (χ4n) is 4.17. The Labute approximate surface area is 189 Å². The Bertz CT molecular complexity index is 1080. The standard InChI is InChI=1S/C23H25BrN6O/c1-28-10-12-29(13-11-28)15-22(31)30-21(23-25-18-4-2-3-5-19(18)26-23)14-20(27-30)16-6-8-17(24)9-7-16/h2-9,21H,10-15H2,1H3,(H,25,26). The van der Waals surface area contributed by atoms with E-state index in [9.17, 15) is 4.79 Å². The smallest absolute Gasteiger partial charge is 0.257 e. The third kappa shape index (κ3) is 4.28. The van der Waals surface area contributed by atoms with Gasteiger partial charge < -0.3 is 9.88 Å². The van der Waals surface area contributed by atoms with Crippen LogP contribution in [0.3, 0.4) is 0 Å². The average molecular weight is 481 g/mol. The molecule has 0 spiro atoms. The van der Waals surface area contributed by atoms with Gasteiger partial charge in [0.05, 0.1) is 23.3 Å². The van der Waals surface area contributed by atoms with Gasteiger partial charge >= 0.3 is 0 Å². The number of hydrazone groups is 1. The molecule has 2 aliphatic rings. The second-order valence-corrected chi connectivity index (χ2v) is 9.15. The summed E-state index contributed by atoms with van der Waals surface area (Å²) in [4.78, 5) is 26.0. The molecule has 1 unspecified atom stereocenters. The highest BCUT2D eigenvalue weighted by molar-refractivity contribution is 9.10. The minimum atomic E-state index is -0.231. The maximum absolute atomic E-state index is 13.3. The summed E-state index contributed by atoms with van der Waals surface area (Å²) in [6.45, 7) is 4.13. The molecule has 8 heteroatoms. The molecule has 1 fully saturated rings. The van der Waals surface area contributed by atoms with Gasteiger partial charge in [0.2, 0.25) is 0 Å². The fraction of sp³-hybridized carbons (Fsp3) is 0.348. The molecule has 1 atom stereocenters. The Kier molecular flexibility index (Phi) is 5.60. The molecule has 0 radical (unpaired) electrons. The van der Waals surface area contributed by atoms with E-state index in [2.05, 4.69) is 37.8 Å². The number of hydrogen-bond acceptors (Lipinski definition) is 5. The number of rotatable bonds is 4. The van der Waals surface area contributed by atoms with Crippen molar-refractivity contribution in [3.8, 4) is 0 Å². The minimum Gasteiger partial charge on any atom is -0.340 e. The first kappa shape index (κ1) is 20.4. The number of nitrogens with one attached hydrogen (secondary N) is 1. The van der Waals surface area contributed by atoms with Crippen molar-refractivity contribution >= 4 is 38.6 Å². The molecule has 5 rings (SSSR count). The summed E-state index contributed by atoms with van der Waals surface area (Å²) in [7, 11) is 2.12. The van der Waals surface area contributed by atoms with E-state index in [-0.39, 0.29) is 11.9 Å². The Morgan fingerprint density at radius 3 is 2.58 bits per heavy atom. The second-order valence-electron chi connectivity index (χ2n) is 8.23. The number of aromatic nitrogens is 2. The predicted molar refractivity (Wildman–Crippen MR) is 125 cm³/mol. The summed E-state index contributed by atoms with van der Waals surface area (Å²) in [5.41, 5.74) is 3.81. The summed E-state index contributed by atoms with van der Waals surface area (Å²) in [5.74, 6) is 0.797. The predicted octanol–water partition coefficient (Wildman–Crippen LogP) is 3.25. The number of carbonyl (C=O) groups excluding carboxylic acids is 1. The molecular formula is C23H25BrN6O. The average Bonchev–Trinajstić information content (AvgIpc) is 3.40. The number of fused-ring (bicyclic) bond motifs is 1. The van der Waals surface area contributed by atoms with E-state index in [1.807, 2.05) is 48.5 Å². The van der Waals surface area contributed by atoms with Crippen LogP contribution in [-0.2, 0) is 4.79 Å². The lowest BCUT2D eigenvalue weighted by Gasteiger charge is -2.32. The Hall–Kier alpha value is -2.55. The van der Waals surface area contributed by atoms with Crippen LogP contribution in [0.2, 0.25) is 0 Å². The Balaban J connectivity index is 1.43. The topological polar surface area (TPSA) is 67.8 Å².